The van der Waals surface area contributed by atoms with E-state index in [1.807, 2.05) is 24.3 Å². The molecule has 7 heteroatoms. The largest absolute Gasteiger partial charge is 0.508 e. The zero-order valence-corrected chi connectivity index (χ0v) is 26.7. The summed E-state index contributed by atoms with van der Waals surface area (Å²) in [6, 6.07) is 12.9. The van der Waals surface area contributed by atoms with E-state index in [1.165, 1.54) is 5.56 Å². The molecule has 0 aliphatic carbocycles. The zero-order chi connectivity index (χ0) is 26.7. The van der Waals surface area contributed by atoms with Crippen LogP contribution in [-0.2, 0) is 26.5 Å². The molecule has 0 saturated heterocycles. The Bertz CT molecular complexity index is 975. The predicted molar refractivity (Wildman–Crippen MR) is 156 cm³/mol. The van der Waals surface area contributed by atoms with Crippen LogP contribution in [0.2, 0.25) is 51.9 Å². The topological polar surface area (TPSA) is 58.9 Å². The van der Waals surface area contributed by atoms with Crippen molar-refractivity contribution in [3.63, 3.8) is 0 Å². The lowest BCUT2D eigenvalue weighted by molar-refractivity contribution is 0.381. The van der Waals surface area contributed by atoms with Gasteiger partial charge in [-0.05, 0) is 106 Å². The van der Waals surface area contributed by atoms with Gasteiger partial charge in [-0.3, -0.25) is 0 Å². The molecule has 4 nitrogen and oxygen atoms in total. The van der Waals surface area contributed by atoms with Crippen molar-refractivity contribution in [2.24, 2.45) is 0 Å². The molecular formula is C28H48O4Si3. The number of hydrogen-bond donors (Lipinski definition) is 2. The Labute approximate surface area is 217 Å². The van der Waals surface area contributed by atoms with E-state index in [2.05, 4.69) is 78.7 Å². The molecule has 0 heterocycles. The molecule has 0 aliphatic rings. The standard InChI is InChI=1S/C28H48O4Si3/c1-11-13-22-20-24(15-17-26(22)29)28(2,3)25-16-18-27(30)23(21-25)14-12-19-35(10,31-33(4,5)6)32-34(7,8)9/h15-18,20-21,29-30H,11-14,19H2,1-10H3. The maximum Gasteiger partial charge on any atom is 0.314 e. The summed E-state index contributed by atoms with van der Waals surface area (Å²) in [5.41, 5.74) is 4.05. The number of hydrogen-bond acceptors (Lipinski definition) is 4. The van der Waals surface area contributed by atoms with Crippen molar-refractivity contribution in [3.8, 4) is 11.5 Å². The lowest BCUT2D eigenvalue weighted by Gasteiger charge is -2.38. The van der Waals surface area contributed by atoms with Gasteiger partial charge in [0.2, 0.25) is 0 Å². The van der Waals surface area contributed by atoms with E-state index in [4.69, 9.17) is 8.23 Å². The summed E-state index contributed by atoms with van der Waals surface area (Å²) in [4.78, 5) is 0. The molecule has 0 fully saturated rings. The second kappa shape index (κ2) is 11.3. The van der Waals surface area contributed by atoms with E-state index in [9.17, 15) is 10.2 Å². The van der Waals surface area contributed by atoms with E-state index in [0.29, 0.717) is 11.5 Å². The van der Waals surface area contributed by atoms with Gasteiger partial charge in [0.15, 0.2) is 16.6 Å². The van der Waals surface area contributed by atoms with Gasteiger partial charge in [0.1, 0.15) is 11.5 Å². The monoisotopic (exact) mass is 532 g/mol. The highest BCUT2D eigenvalue weighted by Gasteiger charge is 2.39. The van der Waals surface area contributed by atoms with E-state index in [-0.39, 0.29) is 5.41 Å². The number of phenolic OH excluding ortho intramolecular Hbond substituents is 2. The fourth-order valence-corrected chi connectivity index (χ4v) is 17.3. The third-order valence-corrected chi connectivity index (χ3v) is 15.9. The van der Waals surface area contributed by atoms with Crippen molar-refractivity contribution in [3.05, 3.63) is 58.7 Å². The van der Waals surface area contributed by atoms with Gasteiger partial charge in [-0.1, -0.05) is 51.5 Å². The van der Waals surface area contributed by atoms with E-state index < -0.39 is 25.2 Å². The molecule has 0 radical (unpaired) electrons. The van der Waals surface area contributed by atoms with Gasteiger partial charge < -0.3 is 18.4 Å². The van der Waals surface area contributed by atoms with Crippen molar-refractivity contribution >= 4 is 25.2 Å². The van der Waals surface area contributed by atoms with Crippen molar-refractivity contribution in [2.75, 3.05) is 0 Å². The van der Waals surface area contributed by atoms with Crippen LogP contribution >= 0.6 is 0 Å². The molecule has 35 heavy (non-hydrogen) atoms. The maximum absolute atomic E-state index is 10.7. The minimum atomic E-state index is -2.30. The van der Waals surface area contributed by atoms with Crippen LogP contribution in [-0.4, -0.2) is 35.4 Å². The molecule has 0 spiro atoms. The lowest BCUT2D eigenvalue weighted by atomic mass is 9.76. The first-order valence-electron chi connectivity index (χ1n) is 13.0. The summed E-state index contributed by atoms with van der Waals surface area (Å²) in [6.07, 6.45) is 3.57. The fourth-order valence-electron chi connectivity index (χ4n) is 4.80. The summed E-state index contributed by atoms with van der Waals surface area (Å²) in [5, 5.41) is 20.9. The zero-order valence-electron chi connectivity index (χ0n) is 23.7. The first-order valence-corrected chi connectivity index (χ1v) is 22.3. The Kier molecular flexibility index (Phi) is 9.67. The van der Waals surface area contributed by atoms with Crippen LogP contribution in [0, 0.1) is 0 Å². The van der Waals surface area contributed by atoms with Crippen molar-refractivity contribution in [1.82, 2.24) is 0 Å². The number of rotatable bonds is 12. The predicted octanol–water partition coefficient (Wildman–Crippen LogP) is 8.08. The van der Waals surface area contributed by atoms with Gasteiger partial charge in [0.25, 0.3) is 0 Å². The molecule has 0 bridgehead atoms. The molecule has 2 aromatic carbocycles. The molecule has 0 amide bonds. The minimum absolute atomic E-state index is 0.246. The van der Waals surface area contributed by atoms with Gasteiger partial charge in [0, 0.05) is 5.41 Å². The quantitative estimate of drug-likeness (QED) is 0.271. The SMILES string of the molecule is CCCc1cc(C(C)(C)c2ccc(O)c(CCC[Si](C)(O[Si](C)(C)C)O[Si](C)(C)C)c2)ccc1O. The first-order chi connectivity index (χ1) is 16.0. The van der Waals surface area contributed by atoms with Crippen LogP contribution in [0.5, 0.6) is 11.5 Å². The molecule has 0 aromatic heterocycles. The van der Waals surface area contributed by atoms with Gasteiger partial charge in [-0.25, -0.2) is 0 Å². The summed E-state index contributed by atoms with van der Waals surface area (Å²) in [6.45, 7) is 22.2. The van der Waals surface area contributed by atoms with Crippen molar-refractivity contribution in [2.45, 2.75) is 104 Å². The Balaban J connectivity index is 2.25. The third-order valence-electron chi connectivity index (χ3n) is 6.24. The minimum Gasteiger partial charge on any atom is -0.508 e. The second-order valence-electron chi connectivity index (χ2n) is 12.5. The van der Waals surface area contributed by atoms with Crippen LogP contribution in [0.25, 0.3) is 0 Å². The molecular weight excluding hydrogens is 485 g/mol. The van der Waals surface area contributed by atoms with Gasteiger partial charge in [-0.2, -0.15) is 0 Å². The Morgan fingerprint density at radius 3 is 1.54 bits per heavy atom. The Morgan fingerprint density at radius 1 is 0.714 bits per heavy atom. The highest BCUT2D eigenvalue weighted by Crippen LogP contribution is 2.37. The van der Waals surface area contributed by atoms with Gasteiger partial charge in [0.05, 0.1) is 0 Å². The lowest BCUT2D eigenvalue weighted by Crippen LogP contribution is -2.52. The number of aryl methyl sites for hydroxylation is 2. The van der Waals surface area contributed by atoms with Crippen molar-refractivity contribution in [1.29, 1.82) is 0 Å². The summed E-state index contributed by atoms with van der Waals surface area (Å²) in [7, 11) is -5.75. The molecule has 0 atom stereocenters. The molecule has 2 N–H and O–H groups in total. The molecule has 0 saturated carbocycles. The van der Waals surface area contributed by atoms with Gasteiger partial charge in [-0.15, -0.1) is 0 Å². The number of aromatic hydroxyl groups is 2. The third kappa shape index (κ3) is 8.90. The first kappa shape index (κ1) is 29.8. The average Bonchev–Trinajstić information content (AvgIpc) is 2.68. The Hall–Kier alpha value is -1.39. The fraction of sp³-hybridized carbons (Fsp3) is 0.571. The van der Waals surface area contributed by atoms with Crippen LogP contribution < -0.4 is 0 Å². The number of benzene rings is 2. The maximum atomic E-state index is 10.7. The Morgan fingerprint density at radius 2 is 1.14 bits per heavy atom. The van der Waals surface area contributed by atoms with Crippen LogP contribution in [0.1, 0.15) is 55.9 Å². The summed E-state index contributed by atoms with van der Waals surface area (Å²) in [5.74, 6) is 0.716. The average molecular weight is 533 g/mol. The highest BCUT2D eigenvalue weighted by atomic mass is 28.5. The van der Waals surface area contributed by atoms with Crippen LogP contribution in [0.15, 0.2) is 36.4 Å². The smallest absolute Gasteiger partial charge is 0.314 e. The van der Waals surface area contributed by atoms with E-state index in [1.54, 1.807) is 0 Å². The molecule has 2 rings (SSSR count). The summed E-state index contributed by atoms with van der Waals surface area (Å²) < 4.78 is 13.3. The molecule has 2 aromatic rings. The van der Waals surface area contributed by atoms with Crippen LogP contribution in [0.4, 0.5) is 0 Å². The highest BCUT2D eigenvalue weighted by molar-refractivity contribution is 6.87. The van der Waals surface area contributed by atoms with Crippen molar-refractivity contribution < 1.29 is 18.4 Å². The molecule has 0 aliphatic heterocycles. The molecule has 0 unspecified atom stereocenters. The van der Waals surface area contributed by atoms with Gasteiger partial charge >= 0.3 is 8.56 Å². The molecule has 196 valence electrons. The van der Waals surface area contributed by atoms with E-state index >= 15 is 0 Å². The summed E-state index contributed by atoms with van der Waals surface area (Å²) >= 11 is 0. The normalized spacial score (nSPS) is 13.3. The van der Waals surface area contributed by atoms with Crippen LogP contribution in [0.3, 0.4) is 0 Å². The van der Waals surface area contributed by atoms with E-state index in [0.717, 1.165) is 48.4 Å². The second-order valence-corrected chi connectivity index (χ2v) is 25.3. The number of phenols is 2.